The molecule has 0 N–H and O–H groups in total. The van der Waals surface area contributed by atoms with E-state index >= 15 is 0 Å². The third kappa shape index (κ3) is 3.16. The van der Waals surface area contributed by atoms with Gasteiger partial charge in [-0.05, 0) is 49.4 Å². The minimum atomic E-state index is -0.279. The number of Topliss-reactive ketones (excluding diaryl/α,β-unsaturated/α-hetero) is 1. The van der Waals surface area contributed by atoms with Crippen LogP contribution in [0.3, 0.4) is 0 Å². The van der Waals surface area contributed by atoms with Gasteiger partial charge in [0.25, 0.3) is 0 Å². The topological polar surface area (TPSA) is 30.2 Å². The van der Waals surface area contributed by atoms with Gasteiger partial charge in [0.15, 0.2) is 5.76 Å². The summed E-state index contributed by atoms with van der Waals surface area (Å²) < 4.78 is 18.4. The SMILES string of the molecule is Cc1ccc2oc(C(=O)CSc3ccc(F)cc3)cc2c1. The van der Waals surface area contributed by atoms with Gasteiger partial charge in [0.1, 0.15) is 11.4 Å². The molecule has 0 saturated heterocycles. The highest BCUT2D eigenvalue weighted by atomic mass is 32.2. The zero-order valence-corrected chi connectivity index (χ0v) is 12.2. The lowest BCUT2D eigenvalue weighted by Crippen LogP contribution is -2.00. The number of hydrogen-bond donors (Lipinski definition) is 0. The third-order valence-electron chi connectivity index (χ3n) is 3.13. The minimum absolute atomic E-state index is 0.0711. The second-order valence-electron chi connectivity index (χ2n) is 4.82. The number of ketones is 1. The Morgan fingerprint density at radius 3 is 2.67 bits per heavy atom. The van der Waals surface area contributed by atoms with Crippen LogP contribution in [0.1, 0.15) is 16.1 Å². The van der Waals surface area contributed by atoms with Crippen LogP contribution in [0.15, 0.2) is 57.8 Å². The highest BCUT2D eigenvalue weighted by Gasteiger charge is 2.12. The van der Waals surface area contributed by atoms with E-state index in [-0.39, 0.29) is 17.4 Å². The van der Waals surface area contributed by atoms with Gasteiger partial charge in [-0.25, -0.2) is 4.39 Å². The molecule has 106 valence electrons. The van der Waals surface area contributed by atoms with Gasteiger partial charge < -0.3 is 4.42 Å². The Morgan fingerprint density at radius 2 is 1.90 bits per heavy atom. The summed E-state index contributed by atoms with van der Waals surface area (Å²) in [6.07, 6.45) is 0. The molecule has 0 radical (unpaired) electrons. The van der Waals surface area contributed by atoms with E-state index in [1.807, 2.05) is 25.1 Å². The molecule has 21 heavy (non-hydrogen) atoms. The van der Waals surface area contributed by atoms with Crippen LogP contribution < -0.4 is 0 Å². The molecular weight excluding hydrogens is 287 g/mol. The Balaban J connectivity index is 1.73. The molecule has 0 fully saturated rings. The van der Waals surface area contributed by atoms with E-state index in [0.29, 0.717) is 5.76 Å². The maximum atomic E-state index is 12.8. The molecule has 1 heterocycles. The van der Waals surface area contributed by atoms with Gasteiger partial charge in [-0.3, -0.25) is 4.79 Å². The maximum Gasteiger partial charge on any atom is 0.208 e. The van der Waals surface area contributed by atoms with Crippen molar-refractivity contribution in [2.45, 2.75) is 11.8 Å². The van der Waals surface area contributed by atoms with Gasteiger partial charge in [0, 0.05) is 10.3 Å². The van der Waals surface area contributed by atoms with E-state index in [2.05, 4.69) is 0 Å². The molecule has 0 aliphatic heterocycles. The normalized spacial score (nSPS) is 11.0. The van der Waals surface area contributed by atoms with Crippen molar-refractivity contribution in [2.24, 2.45) is 0 Å². The van der Waals surface area contributed by atoms with Gasteiger partial charge in [0.05, 0.1) is 5.75 Å². The highest BCUT2D eigenvalue weighted by Crippen LogP contribution is 2.24. The molecule has 0 atom stereocenters. The number of thioether (sulfide) groups is 1. The molecule has 0 unspecified atom stereocenters. The number of rotatable bonds is 4. The summed E-state index contributed by atoms with van der Waals surface area (Å²) in [5.74, 6) is 0.284. The summed E-state index contributed by atoms with van der Waals surface area (Å²) in [6.45, 7) is 2.00. The predicted octanol–water partition coefficient (Wildman–Crippen LogP) is 4.86. The smallest absolute Gasteiger partial charge is 0.208 e. The number of fused-ring (bicyclic) bond motifs is 1. The van der Waals surface area contributed by atoms with Crippen LogP contribution in [0.2, 0.25) is 0 Å². The van der Waals surface area contributed by atoms with E-state index in [4.69, 9.17) is 4.42 Å². The number of carbonyl (C=O) groups excluding carboxylic acids is 1. The van der Waals surface area contributed by atoms with Crippen molar-refractivity contribution in [3.8, 4) is 0 Å². The van der Waals surface area contributed by atoms with Crippen LogP contribution >= 0.6 is 11.8 Å². The third-order valence-corrected chi connectivity index (χ3v) is 4.14. The molecule has 3 aromatic rings. The van der Waals surface area contributed by atoms with E-state index in [9.17, 15) is 9.18 Å². The Bertz CT molecular complexity index is 790. The van der Waals surface area contributed by atoms with Crippen LogP contribution in [0, 0.1) is 12.7 Å². The molecular formula is C17H13FO2S. The van der Waals surface area contributed by atoms with Crippen LogP contribution in [-0.4, -0.2) is 11.5 Å². The van der Waals surface area contributed by atoms with Crippen molar-refractivity contribution in [2.75, 3.05) is 5.75 Å². The molecule has 3 rings (SSSR count). The fraction of sp³-hybridized carbons (Fsp3) is 0.118. The molecule has 2 nitrogen and oxygen atoms in total. The first-order chi connectivity index (χ1) is 10.1. The summed E-state index contributed by atoms with van der Waals surface area (Å²) in [6, 6.07) is 13.7. The Hall–Kier alpha value is -2.07. The number of aryl methyl sites for hydroxylation is 1. The molecule has 0 spiro atoms. The highest BCUT2D eigenvalue weighted by molar-refractivity contribution is 8.00. The summed E-state index contributed by atoms with van der Waals surface area (Å²) >= 11 is 1.37. The molecule has 0 amide bonds. The van der Waals surface area contributed by atoms with Gasteiger partial charge >= 0.3 is 0 Å². The standard InChI is InChI=1S/C17H13FO2S/c1-11-2-7-16-12(8-11)9-17(20-16)15(19)10-21-14-5-3-13(18)4-6-14/h2-9H,10H2,1H3. The summed E-state index contributed by atoms with van der Waals surface area (Å²) in [4.78, 5) is 13.0. The van der Waals surface area contributed by atoms with Crippen LogP contribution in [0.25, 0.3) is 11.0 Å². The van der Waals surface area contributed by atoms with Gasteiger partial charge in [0.2, 0.25) is 5.78 Å². The second kappa shape index (κ2) is 5.74. The first-order valence-electron chi connectivity index (χ1n) is 6.53. The van der Waals surface area contributed by atoms with Crippen molar-refractivity contribution in [3.63, 3.8) is 0 Å². The summed E-state index contributed by atoms with van der Waals surface area (Å²) in [7, 11) is 0. The molecule has 4 heteroatoms. The Labute approximate surface area is 126 Å². The number of halogens is 1. The second-order valence-corrected chi connectivity index (χ2v) is 5.87. The van der Waals surface area contributed by atoms with Crippen molar-refractivity contribution < 1.29 is 13.6 Å². The molecule has 0 aliphatic carbocycles. The van der Waals surface area contributed by atoms with E-state index in [1.54, 1.807) is 18.2 Å². The average Bonchev–Trinajstić information content (AvgIpc) is 2.89. The average molecular weight is 300 g/mol. The van der Waals surface area contributed by atoms with Crippen molar-refractivity contribution >= 4 is 28.5 Å². The van der Waals surface area contributed by atoms with Crippen molar-refractivity contribution in [3.05, 3.63) is 65.7 Å². The zero-order chi connectivity index (χ0) is 14.8. The van der Waals surface area contributed by atoms with Gasteiger partial charge in [-0.2, -0.15) is 0 Å². The van der Waals surface area contributed by atoms with Crippen molar-refractivity contribution in [1.82, 2.24) is 0 Å². The number of furan rings is 1. The van der Waals surface area contributed by atoms with E-state index in [1.165, 1.54) is 23.9 Å². The maximum absolute atomic E-state index is 12.8. The fourth-order valence-corrected chi connectivity index (χ4v) is 2.82. The number of carbonyl (C=O) groups is 1. The molecule has 0 bridgehead atoms. The quantitative estimate of drug-likeness (QED) is 0.509. The van der Waals surface area contributed by atoms with E-state index in [0.717, 1.165) is 21.4 Å². The summed E-state index contributed by atoms with van der Waals surface area (Å²) in [5.41, 5.74) is 1.85. The first-order valence-corrected chi connectivity index (χ1v) is 7.52. The van der Waals surface area contributed by atoms with Gasteiger partial charge in [-0.15, -0.1) is 11.8 Å². The lowest BCUT2D eigenvalue weighted by Gasteiger charge is -1.99. The van der Waals surface area contributed by atoms with Crippen molar-refractivity contribution in [1.29, 1.82) is 0 Å². The van der Waals surface area contributed by atoms with Crippen LogP contribution in [0.5, 0.6) is 0 Å². The predicted molar refractivity (Wildman–Crippen MR) is 82.4 cm³/mol. The van der Waals surface area contributed by atoms with Gasteiger partial charge in [-0.1, -0.05) is 11.6 Å². The monoisotopic (exact) mass is 300 g/mol. The molecule has 2 aromatic carbocycles. The first kappa shape index (κ1) is 13.9. The largest absolute Gasteiger partial charge is 0.453 e. The number of benzene rings is 2. The molecule has 0 saturated carbocycles. The lowest BCUT2D eigenvalue weighted by atomic mass is 10.2. The lowest BCUT2D eigenvalue weighted by molar-refractivity contribution is 0.0994. The zero-order valence-electron chi connectivity index (χ0n) is 11.4. The Kier molecular flexibility index (Phi) is 3.80. The van der Waals surface area contributed by atoms with Crippen LogP contribution in [0.4, 0.5) is 4.39 Å². The van der Waals surface area contributed by atoms with Crippen LogP contribution in [-0.2, 0) is 0 Å². The summed E-state index contributed by atoms with van der Waals surface area (Å²) in [5, 5.41) is 0.935. The molecule has 0 aliphatic rings. The Morgan fingerprint density at radius 1 is 1.14 bits per heavy atom. The fourth-order valence-electron chi connectivity index (χ4n) is 2.05. The number of hydrogen-bond acceptors (Lipinski definition) is 3. The molecule has 1 aromatic heterocycles. The van der Waals surface area contributed by atoms with E-state index < -0.39 is 0 Å². The minimum Gasteiger partial charge on any atom is -0.453 e.